The van der Waals surface area contributed by atoms with Gasteiger partial charge in [-0.1, -0.05) is 91.8 Å². The highest BCUT2D eigenvalue weighted by molar-refractivity contribution is 7.98. The van der Waals surface area contributed by atoms with Gasteiger partial charge in [-0.2, -0.15) is 11.8 Å². The molecule has 5 rings (SSSR count). The second-order valence-corrected chi connectivity index (χ2v) is 24.8. The van der Waals surface area contributed by atoms with Gasteiger partial charge in [-0.15, -0.1) is 0 Å². The van der Waals surface area contributed by atoms with Gasteiger partial charge in [0.25, 0.3) is 0 Å². The van der Waals surface area contributed by atoms with Crippen LogP contribution in [-0.2, 0) is 65.6 Å². The Hall–Kier alpha value is -8.04. The summed E-state index contributed by atoms with van der Waals surface area (Å²) in [6, 6.07) is 1.65. The molecular formula is C61H88N12O14S. The third-order valence-electron chi connectivity index (χ3n) is 15.4. The zero-order valence-electron chi connectivity index (χ0n) is 51.4. The van der Waals surface area contributed by atoms with Gasteiger partial charge in [0.15, 0.2) is 0 Å². The fourth-order valence-corrected chi connectivity index (χ4v) is 10.9. The Kier molecular flexibility index (Phi) is 26.8. The Labute approximate surface area is 515 Å². The number of aliphatic carboxylic acids is 2. The average Bonchev–Trinajstić information content (AvgIpc) is 4.24. The van der Waals surface area contributed by atoms with Gasteiger partial charge in [-0.3, -0.25) is 47.9 Å². The Bertz CT molecular complexity index is 3110. The summed E-state index contributed by atoms with van der Waals surface area (Å²) in [7, 11) is 0. The van der Waals surface area contributed by atoms with Crippen LogP contribution in [0.2, 0.25) is 0 Å². The standard InChI is InChI=1S/C61H88N12O14S/c1-31(2)25-43(67-57(82)47-19-14-23-73(47)60(85)51(34(7)8)72-52(77)39(62)20-21-48(75)76)55(80)70-49(32(3)4)58(83)68-44(26-35-28-63-40-17-12-10-15-37(35)40)54(79)65-42(22-24-88-9)53(78)66-45(27-36-29-64-41-18-13-11-16-38(36)41)56(81)71-50(33(5)6)59(84)69-46(30-74)61(86)87/h10-13,15-18,28-29,31-34,39,42-47,49-51,63-64,74H,14,19-27,30,62H2,1-9H3,(H,65,79)(H,66,78)(H,67,82)(H,68,83)(H,69,84)(H,70,80)(H,71,81)(H,72,77)(H,75,76)(H,86,87)/t39-,42-,43-,44-,45-,46-,47-,49-,50-,51-/m0/s1. The number of hydrogen-bond donors (Lipinski definition) is 14. The first-order chi connectivity index (χ1) is 41.6. The van der Waals surface area contributed by atoms with E-state index in [9.17, 15) is 63.0 Å². The minimum Gasteiger partial charge on any atom is -0.481 e. The first kappa shape index (κ1) is 70.7. The van der Waals surface area contributed by atoms with Crippen LogP contribution >= 0.6 is 11.8 Å². The molecule has 2 aromatic heterocycles. The highest BCUT2D eigenvalue weighted by atomic mass is 32.2. The van der Waals surface area contributed by atoms with Crippen molar-refractivity contribution in [2.24, 2.45) is 29.4 Å². The van der Waals surface area contributed by atoms with Crippen LogP contribution in [0.15, 0.2) is 60.9 Å². The van der Waals surface area contributed by atoms with E-state index in [1.165, 1.54) is 16.7 Å². The fraction of sp³-hybridized carbons (Fsp3) is 0.557. The van der Waals surface area contributed by atoms with Gasteiger partial charge in [-0.25, -0.2) is 4.79 Å². The number of nitrogens with one attached hydrogen (secondary N) is 10. The minimum atomic E-state index is -1.66. The highest BCUT2D eigenvalue weighted by Gasteiger charge is 2.42. The second-order valence-electron chi connectivity index (χ2n) is 23.8. The van der Waals surface area contributed by atoms with Crippen molar-refractivity contribution in [1.29, 1.82) is 0 Å². The predicted octanol–water partition coefficient (Wildman–Crippen LogP) is 1.34. The van der Waals surface area contributed by atoms with E-state index in [0.29, 0.717) is 23.3 Å². The van der Waals surface area contributed by atoms with Crippen molar-refractivity contribution in [1.82, 2.24) is 57.4 Å². The van der Waals surface area contributed by atoms with Gasteiger partial charge in [0.05, 0.1) is 12.6 Å². The number of rotatable bonds is 34. The quantitative estimate of drug-likeness (QED) is 0.0314. The van der Waals surface area contributed by atoms with E-state index in [1.54, 1.807) is 66.3 Å². The Morgan fingerprint density at radius 3 is 1.51 bits per heavy atom. The topological polar surface area (TPSA) is 406 Å². The van der Waals surface area contributed by atoms with Crippen molar-refractivity contribution < 1.29 is 68.1 Å². The summed E-state index contributed by atoms with van der Waals surface area (Å²) in [6.07, 6.45) is 5.28. The summed E-state index contributed by atoms with van der Waals surface area (Å²) in [4.78, 5) is 159. The van der Waals surface area contributed by atoms with Crippen molar-refractivity contribution in [2.75, 3.05) is 25.2 Å². The molecule has 1 aliphatic rings. The van der Waals surface area contributed by atoms with Gasteiger partial charge in [-0.05, 0) is 91.0 Å². The lowest BCUT2D eigenvalue weighted by atomic mass is 9.98. The summed E-state index contributed by atoms with van der Waals surface area (Å²) in [5.74, 6) is -10.8. The molecule has 482 valence electrons. The van der Waals surface area contributed by atoms with Crippen molar-refractivity contribution >= 4 is 98.7 Å². The molecule has 0 radical (unpaired) electrons. The normalized spacial score (nSPS) is 16.4. The van der Waals surface area contributed by atoms with Crippen molar-refractivity contribution in [3.05, 3.63) is 72.1 Å². The second kappa shape index (κ2) is 33.3. The van der Waals surface area contributed by atoms with Crippen molar-refractivity contribution in [3.63, 3.8) is 0 Å². The zero-order chi connectivity index (χ0) is 65.1. The Morgan fingerprint density at radius 2 is 1.03 bits per heavy atom. The summed E-state index contributed by atoms with van der Waals surface area (Å²) >= 11 is 1.38. The van der Waals surface area contributed by atoms with Crippen LogP contribution in [0.4, 0.5) is 0 Å². The zero-order valence-corrected chi connectivity index (χ0v) is 52.2. The highest BCUT2D eigenvalue weighted by Crippen LogP contribution is 2.24. The van der Waals surface area contributed by atoms with Gasteiger partial charge in [0.1, 0.15) is 54.4 Å². The molecule has 1 aliphatic heterocycles. The maximum absolute atomic E-state index is 15.0. The number of nitrogens with two attached hydrogens (primary N) is 1. The van der Waals surface area contributed by atoms with E-state index < -0.39 is 150 Å². The summed E-state index contributed by atoms with van der Waals surface area (Å²) in [6.45, 7) is 12.9. The number of aliphatic hydroxyl groups excluding tert-OH is 1. The fourth-order valence-electron chi connectivity index (χ4n) is 10.4. The van der Waals surface area contributed by atoms with Crippen LogP contribution in [-0.4, -0.2) is 181 Å². The third kappa shape index (κ3) is 19.7. The lowest BCUT2D eigenvalue weighted by Crippen LogP contribution is -2.62. The van der Waals surface area contributed by atoms with E-state index in [2.05, 4.69) is 52.5 Å². The number of aromatic nitrogens is 2. The van der Waals surface area contributed by atoms with E-state index in [0.717, 1.165) is 21.8 Å². The van der Waals surface area contributed by atoms with E-state index >= 15 is 0 Å². The molecule has 0 spiro atoms. The Morgan fingerprint density at radius 1 is 0.580 bits per heavy atom. The lowest BCUT2D eigenvalue weighted by Gasteiger charge is -2.32. The number of nitrogens with zero attached hydrogens (tertiary/aromatic N) is 1. The first-order valence-corrected chi connectivity index (χ1v) is 31.2. The Balaban J connectivity index is 1.40. The van der Waals surface area contributed by atoms with Gasteiger partial charge < -0.3 is 78.5 Å². The van der Waals surface area contributed by atoms with Crippen molar-refractivity contribution in [3.8, 4) is 0 Å². The van der Waals surface area contributed by atoms with Crippen LogP contribution in [0.5, 0.6) is 0 Å². The maximum atomic E-state index is 15.0. The van der Waals surface area contributed by atoms with Crippen LogP contribution in [0.3, 0.4) is 0 Å². The molecule has 15 N–H and O–H groups in total. The number of carboxylic acids is 2. The molecule has 4 aromatic rings. The number of fused-ring (bicyclic) bond motifs is 2. The smallest absolute Gasteiger partial charge is 0.328 e. The van der Waals surface area contributed by atoms with Gasteiger partial charge in [0, 0.05) is 60.0 Å². The van der Waals surface area contributed by atoms with E-state index in [-0.39, 0.29) is 57.4 Å². The molecule has 0 aliphatic carbocycles. The largest absolute Gasteiger partial charge is 0.481 e. The number of amides is 9. The number of aromatic amines is 2. The van der Waals surface area contributed by atoms with Gasteiger partial charge >= 0.3 is 11.9 Å². The molecule has 0 unspecified atom stereocenters. The third-order valence-corrected chi connectivity index (χ3v) is 16.1. The molecule has 10 atom stereocenters. The van der Waals surface area contributed by atoms with Crippen LogP contribution in [0.25, 0.3) is 21.8 Å². The molecule has 0 bridgehead atoms. The van der Waals surface area contributed by atoms with Crippen LogP contribution in [0.1, 0.15) is 105 Å². The monoisotopic (exact) mass is 1240 g/mol. The summed E-state index contributed by atoms with van der Waals surface area (Å²) < 4.78 is 0. The molecular weight excluding hydrogens is 1160 g/mol. The number of carbonyl (C=O) groups excluding carboxylic acids is 9. The van der Waals surface area contributed by atoms with Crippen LogP contribution < -0.4 is 48.3 Å². The molecule has 3 heterocycles. The maximum Gasteiger partial charge on any atom is 0.328 e. The number of likely N-dealkylation sites (tertiary alicyclic amines) is 1. The molecule has 88 heavy (non-hydrogen) atoms. The van der Waals surface area contributed by atoms with E-state index in [4.69, 9.17) is 10.8 Å². The van der Waals surface area contributed by atoms with Crippen LogP contribution in [0, 0.1) is 23.7 Å². The molecule has 2 aromatic carbocycles. The van der Waals surface area contributed by atoms with Crippen molar-refractivity contribution in [2.45, 2.75) is 167 Å². The molecule has 1 fully saturated rings. The number of carbonyl (C=O) groups is 11. The number of benzene rings is 2. The number of thioether (sulfide) groups is 1. The molecule has 27 heteroatoms. The SMILES string of the molecule is CSCC[C@H](NC(=O)[C@H](Cc1c[nH]c2ccccc12)NC(=O)[C@@H](NC(=O)[C@H](CC(C)C)NC(=O)[C@@H]1CCCN1C(=O)[C@@H](NC(=O)[C@@H](N)CCC(=O)O)C(C)C)C(C)C)C(=O)N[C@@H](Cc1c[nH]c2ccccc12)C(=O)N[C@H](C(=O)N[C@@H](CO)C(=O)O)C(C)C. The molecule has 9 amide bonds. The first-order valence-electron chi connectivity index (χ1n) is 29.8. The number of aliphatic hydroxyl groups is 1. The number of hydrogen-bond acceptors (Lipinski definition) is 14. The molecule has 1 saturated heterocycles. The molecule has 26 nitrogen and oxygen atoms in total. The van der Waals surface area contributed by atoms with E-state index in [1.807, 2.05) is 56.3 Å². The summed E-state index contributed by atoms with van der Waals surface area (Å²) in [5, 5.41) is 51.4. The minimum absolute atomic E-state index is 0.0445. The number of carboxylic acid groups (broad SMARTS) is 2. The number of H-pyrrole nitrogens is 2. The predicted molar refractivity (Wildman–Crippen MR) is 331 cm³/mol. The number of para-hydroxylation sites is 2. The average molecular weight is 1250 g/mol. The molecule has 0 saturated carbocycles. The lowest BCUT2D eigenvalue weighted by molar-refractivity contribution is -0.143. The van der Waals surface area contributed by atoms with Gasteiger partial charge in [0.2, 0.25) is 53.2 Å². The summed E-state index contributed by atoms with van der Waals surface area (Å²) in [5.41, 5.74) is 8.68.